The molecule has 1 aromatic carbocycles. The molecule has 0 bridgehead atoms. The zero-order chi connectivity index (χ0) is 13.5. The molecule has 0 saturated heterocycles. The molecule has 2 fully saturated rings. The molecular weight excluding hydrogens is 356 g/mol. The van der Waals surface area contributed by atoms with Crippen LogP contribution in [0.3, 0.4) is 0 Å². The van der Waals surface area contributed by atoms with Crippen molar-refractivity contribution in [2.24, 2.45) is 0 Å². The third-order valence-electron chi connectivity index (χ3n) is 2.60. The maximum absolute atomic E-state index is 11.9. The first-order valence-electron chi connectivity index (χ1n) is 5.96. The van der Waals surface area contributed by atoms with Crippen LogP contribution in [-0.4, -0.2) is 5.78 Å². The smallest absolute Gasteiger partial charge is 0.293 e. The van der Waals surface area contributed by atoms with E-state index in [4.69, 9.17) is 0 Å². The Morgan fingerprint density at radius 2 is 1.30 bits per heavy atom. The quantitative estimate of drug-likeness (QED) is 0.568. The second-order valence-corrected chi connectivity index (χ2v) is 4.80. The number of halogens is 1. The van der Waals surface area contributed by atoms with Crippen molar-refractivity contribution in [3.8, 4) is 0 Å². The summed E-state index contributed by atoms with van der Waals surface area (Å²) in [5, 5.41) is 0. The first kappa shape index (κ1) is 17.9. The molecule has 0 heterocycles. The molecule has 100 valence electrons. The number of ketones is 1. The van der Waals surface area contributed by atoms with Crippen molar-refractivity contribution in [2.45, 2.75) is 0 Å². The Morgan fingerprint density at radius 3 is 1.80 bits per heavy atom. The van der Waals surface area contributed by atoms with Crippen LogP contribution >= 0.6 is 15.9 Å². The van der Waals surface area contributed by atoms with E-state index in [-0.39, 0.29) is 22.9 Å². The molecule has 1 nitrogen and oxygen atoms in total. The maximum Gasteiger partial charge on any atom is 2.00 e. The van der Waals surface area contributed by atoms with Crippen LogP contribution in [0.25, 0.3) is 0 Å². The first-order valence-corrected chi connectivity index (χ1v) is 6.76. The monoisotopic (exact) mass is 368 g/mol. The molecule has 2 aliphatic rings. The number of rotatable bonds is 2. The Kier molecular flexibility index (Phi) is 8.75. The van der Waals surface area contributed by atoms with E-state index in [0.717, 1.165) is 10.4 Å². The van der Waals surface area contributed by atoms with Gasteiger partial charge in [-0.3, -0.25) is 4.79 Å². The largest absolute Gasteiger partial charge is 2.00 e. The van der Waals surface area contributed by atoms with Crippen LogP contribution < -0.4 is 0 Å². The Balaban J connectivity index is 0.000000283. The van der Waals surface area contributed by atoms with Gasteiger partial charge in [0.15, 0.2) is 5.78 Å². The topological polar surface area (TPSA) is 17.1 Å². The van der Waals surface area contributed by atoms with E-state index in [2.05, 4.69) is 15.9 Å². The number of carbonyl (C=O) groups is 1. The van der Waals surface area contributed by atoms with E-state index < -0.39 is 0 Å². The summed E-state index contributed by atoms with van der Waals surface area (Å²) in [7, 11) is 0. The van der Waals surface area contributed by atoms with Crippen LogP contribution in [-0.2, 0) is 17.1 Å². The van der Waals surface area contributed by atoms with Crippen LogP contribution in [0.5, 0.6) is 0 Å². The van der Waals surface area contributed by atoms with Gasteiger partial charge >= 0.3 is 17.1 Å². The predicted molar refractivity (Wildman–Crippen MR) is 80.4 cm³/mol. The fourth-order valence-electron chi connectivity index (χ4n) is 1.65. The van der Waals surface area contributed by atoms with Crippen LogP contribution in [0.2, 0.25) is 0 Å². The van der Waals surface area contributed by atoms with Crippen molar-refractivity contribution in [1.29, 1.82) is 0 Å². The molecule has 0 unspecified atom stereocenters. The van der Waals surface area contributed by atoms with Gasteiger partial charge in [-0.2, -0.15) is 0 Å². The average Bonchev–Trinajstić information content (AvgIpc) is 3.14. The zero-order valence-electron chi connectivity index (χ0n) is 10.6. The van der Waals surface area contributed by atoms with Crippen molar-refractivity contribution >= 4 is 21.7 Å². The Hall–Kier alpha value is -0.111. The van der Waals surface area contributed by atoms with Gasteiger partial charge in [-0.25, -0.2) is 0 Å². The number of hydrogen-bond acceptors (Lipinski definition) is 1. The third-order valence-corrected chi connectivity index (χ3v) is 3.29. The third kappa shape index (κ3) is 5.35. The van der Waals surface area contributed by atoms with Crippen LogP contribution in [0.15, 0.2) is 28.7 Å². The minimum Gasteiger partial charge on any atom is -0.293 e. The summed E-state index contributed by atoms with van der Waals surface area (Å²) in [6, 6.07) is 7.45. The summed E-state index contributed by atoms with van der Waals surface area (Å²) in [4.78, 5) is 11.9. The second kappa shape index (κ2) is 9.76. The van der Waals surface area contributed by atoms with Crippen molar-refractivity contribution < 1.29 is 21.9 Å². The van der Waals surface area contributed by atoms with Gasteiger partial charge < -0.3 is 0 Å². The molecule has 2 saturated carbocycles. The van der Waals surface area contributed by atoms with E-state index in [0.29, 0.717) is 5.56 Å². The zero-order valence-corrected chi connectivity index (χ0v) is 13.3. The van der Waals surface area contributed by atoms with E-state index in [1.165, 1.54) is 0 Å². The van der Waals surface area contributed by atoms with Crippen LogP contribution in [0.1, 0.15) is 10.4 Å². The molecule has 20 heavy (non-hydrogen) atoms. The average molecular weight is 369 g/mol. The molecule has 0 aliphatic heterocycles. The molecule has 3 heteroatoms. The van der Waals surface area contributed by atoms with Crippen molar-refractivity contribution in [3.63, 3.8) is 0 Å². The predicted octanol–water partition coefficient (Wildman–Crippen LogP) is 4.06. The summed E-state index contributed by atoms with van der Waals surface area (Å²) >= 11 is 3.36. The van der Waals surface area contributed by atoms with Gasteiger partial charge in [0, 0.05) is 10.0 Å². The number of hydrogen-bond donors (Lipinski definition) is 0. The number of Topliss-reactive ketones (excluding diaryl/α,β-unsaturated/α-hetero) is 1. The molecular formula is C17H13BrFeO+2. The first-order chi connectivity index (χ1) is 9.29. The molecule has 0 aromatic heterocycles. The summed E-state index contributed by atoms with van der Waals surface area (Å²) in [5.41, 5.74) is 0.707. The maximum atomic E-state index is 11.9. The Morgan fingerprint density at radius 1 is 0.800 bits per heavy atom. The fourth-order valence-corrected chi connectivity index (χ4v) is 2.11. The molecule has 10 radical (unpaired) electrons. The summed E-state index contributed by atoms with van der Waals surface area (Å²) in [6.07, 6.45) is 17.4. The molecule has 0 spiro atoms. The molecule has 0 amide bonds. The minimum absolute atomic E-state index is 0. The summed E-state index contributed by atoms with van der Waals surface area (Å²) in [6.45, 7) is 0. The van der Waals surface area contributed by atoms with E-state index >= 15 is 0 Å². The summed E-state index contributed by atoms with van der Waals surface area (Å²) in [5.74, 6) is 0.791. The van der Waals surface area contributed by atoms with E-state index in [1.54, 1.807) is 0 Å². The van der Waals surface area contributed by atoms with Gasteiger partial charge in [0.25, 0.3) is 0 Å². The normalized spacial score (nSPS) is 18.1. The van der Waals surface area contributed by atoms with Gasteiger partial charge in [-0.05, 0) is 63.9 Å². The van der Waals surface area contributed by atoms with Gasteiger partial charge in [-0.15, -0.1) is 0 Å². The number of carbonyl (C=O) groups excluding carboxylic acids is 1. The van der Waals surface area contributed by atoms with Gasteiger partial charge in [-0.1, -0.05) is 34.1 Å². The molecule has 1 aromatic rings. The van der Waals surface area contributed by atoms with Crippen molar-refractivity contribution in [2.75, 3.05) is 0 Å². The molecule has 0 atom stereocenters. The standard InChI is InChI=1S/C12H8BrO.C5H5.Fe/c13-11-8-4-3-7-10(11)12(14)9-5-1-2-6-9;1-2-4-5-3-1;/h1-8H;1-5H;/q;;+2. The minimum atomic E-state index is 0. The van der Waals surface area contributed by atoms with E-state index in [9.17, 15) is 4.79 Å². The molecule has 3 rings (SSSR count). The molecule has 2 aliphatic carbocycles. The molecule has 0 N–H and O–H groups in total. The number of benzene rings is 1. The van der Waals surface area contributed by atoms with Crippen LogP contribution in [0, 0.1) is 63.7 Å². The fraction of sp³-hybridized carbons (Fsp3) is 0. The van der Waals surface area contributed by atoms with Gasteiger partial charge in [0.1, 0.15) is 0 Å². The van der Waals surface area contributed by atoms with Crippen LogP contribution in [0.4, 0.5) is 0 Å². The van der Waals surface area contributed by atoms with Gasteiger partial charge in [0.05, 0.1) is 5.92 Å². The van der Waals surface area contributed by atoms with Crippen molar-refractivity contribution in [1.82, 2.24) is 0 Å². The summed E-state index contributed by atoms with van der Waals surface area (Å²) < 4.78 is 0.839. The Bertz CT molecular complexity index is 402. The van der Waals surface area contributed by atoms with E-state index in [1.807, 2.05) is 82.1 Å². The van der Waals surface area contributed by atoms with Gasteiger partial charge in [0.2, 0.25) is 0 Å². The van der Waals surface area contributed by atoms with Crippen molar-refractivity contribution in [3.05, 3.63) is 98.0 Å². The Labute approximate surface area is 141 Å². The second-order valence-electron chi connectivity index (χ2n) is 3.94. The SMILES string of the molecule is O=C([C]1[CH][CH][CH][CH]1)c1ccccc1Br.[CH]1[CH][CH][CH][CH]1.[Fe+2].